The van der Waals surface area contributed by atoms with Crippen LogP contribution in [0.3, 0.4) is 0 Å². The van der Waals surface area contributed by atoms with Crippen molar-refractivity contribution >= 4 is 22.8 Å². The molecule has 7 rings (SSSR count). The van der Waals surface area contributed by atoms with E-state index in [0.717, 1.165) is 22.1 Å². The number of fused-ring (bicyclic) bond motifs is 2. The van der Waals surface area contributed by atoms with Gasteiger partial charge in [0.25, 0.3) is 0 Å². The molecule has 1 aliphatic carbocycles. The van der Waals surface area contributed by atoms with Crippen molar-refractivity contribution in [1.82, 2.24) is 20.4 Å². The van der Waals surface area contributed by atoms with Gasteiger partial charge in [0.1, 0.15) is 31.0 Å². The first-order valence-corrected chi connectivity index (χ1v) is 18.1. The van der Waals surface area contributed by atoms with Crippen LogP contribution in [0.25, 0.3) is 11.0 Å². The highest BCUT2D eigenvalue weighted by Gasteiger charge is 2.61. The Labute approximate surface area is 311 Å². The number of hydrogen-bond donors (Lipinski definition) is 4. The number of carbonyl (C=O) groups excluding carboxylic acids is 2. The van der Waals surface area contributed by atoms with Gasteiger partial charge in [-0.2, -0.15) is 13.2 Å². The first kappa shape index (κ1) is 37.7. The number of amides is 2. The van der Waals surface area contributed by atoms with Crippen molar-refractivity contribution in [1.29, 1.82) is 0 Å². The summed E-state index contributed by atoms with van der Waals surface area (Å²) in [5.41, 5.74) is 3.00. The van der Waals surface area contributed by atoms with Crippen LogP contribution in [0.5, 0.6) is 11.5 Å². The van der Waals surface area contributed by atoms with Gasteiger partial charge in [0.15, 0.2) is 11.3 Å². The SMILES string of the molecule is COc1cc(CN2CCN(C[C@@H](O)CC3(C(=O)N[C@H]4c5ccccc5OC[C@H]4O)C[C@H]3c3ccccc3)[C@H](C(=O)NCC(F)(F)F)C2)cc2c(C)coc12. The summed E-state index contributed by atoms with van der Waals surface area (Å²) in [7, 11) is 1.55. The first-order chi connectivity index (χ1) is 25.8. The number of nitrogens with zero attached hydrogens (tertiary/aromatic N) is 2. The van der Waals surface area contributed by atoms with Crippen LogP contribution in [0.4, 0.5) is 13.2 Å². The third-order valence-corrected chi connectivity index (χ3v) is 11.0. The molecular weight excluding hydrogens is 705 g/mol. The van der Waals surface area contributed by atoms with E-state index in [-0.39, 0.29) is 44.5 Å². The summed E-state index contributed by atoms with van der Waals surface area (Å²) < 4.78 is 56.5. The van der Waals surface area contributed by atoms with E-state index in [4.69, 9.17) is 13.9 Å². The summed E-state index contributed by atoms with van der Waals surface area (Å²) >= 11 is 0. The Balaban J connectivity index is 1.09. The maximum Gasteiger partial charge on any atom is 0.405 e. The number of methoxy groups -OCH3 is 1. The number of nitrogens with one attached hydrogen (secondary N) is 2. The van der Waals surface area contributed by atoms with E-state index >= 15 is 0 Å². The Kier molecular flexibility index (Phi) is 10.6. The van der Waals surface area contributed by atoms with Crippen molar-refractivity contribution in [2.75, 3.05) is 46.4 Å². The normalized spacial score (nSPS) is 25.0. The number of β-amino-alcohol motifs (C(OH)–C–C–N with tert-alkyl or cyclic N) is 1. The Bertz CT molecular complexity index is 1970. The maximum absolute atomic E-state index is 14.3. The Morgan fingerprint density at radius 3 is 2.61 bits per heavy atom. The van der Waals surface area contributed by atoms with Crippen molar-refractivity contribution in [2.24, 2.45) is 5.41 Å². The van der Waals surface area contributed by atoms with E-state index in [1.807, 2.05) is 65.7 Å². The zero-order valence-electron chi connectivity index (χ0n) is 30.1. The molecule has 1 unspecified atom stereocenters. The molecule has 2 amide bonds. The van der Waals surface area contributed by atoms with Gasteiger partial charge in [-0.05, 0) is 60.6 Å². The summed E-state index contributed by atoms with van der Waals surface area (Å²) in [6.45, 7) is 1.69. The zero-order chi connectivity index (χ0) is 38.2. The van der Waals surface area contributed by atoms with Gasteiger partial charge in [-0.25, -0.2) is 0 Å². The lowest BCUT2D eigenvalue weighted by atomic mass is 9.89. The van der Waals surface area contributed by atoms with E-state index < -0.39 is 48.3 Å². The molecule has 4 N–H and O–H groups in total. The van der Waals surface area contributed by atoms with Gasteiger partial charge < -0.3 is 34.7 Å². The summed E-state index contributed by atoms with van der Waals surface area (Å²) in [6.07, 6.45) is -4.55. The second-order valence-electron chi connectivity index (χ2n) is 14.7. The average molecular weight is 751 g/mol. The van der Waals surface area contributed by atoms with Crippen LogP contribution in [0.1, 0.15) is 47.1 Å². The van der Waals surface area contributed by atoms with Crippen LogP contribution in [0.2, 0.25) is 0 Å². The number of aliphatic hydroxyl groups is 2. The molecule has 1 aromatic heterocycles. The number of aliphatic hydroxyl groups excluding tert-OH is 2. The second kappa shape index (κ2) is 15.2. The van der Waals surface area contributed by atoms with Crippen molar-refractivity contribution in [3.8, 4) is 11.5 Å². The van der Waals surface area contributed by atoms with Crippen LogP contribution >= 0.6 is 0 Å². The largest absolute Gasteiger partial charge is 0.493 e. The molecule has 3 aromatic carbocycles. The summed E-state index contributed by atoms with van der Waals surface area (Å²) in [5.74, 6) is -0.199. The van der Waals surface area contributed by atoms with Gasteiger partial charge in [-0.3, -0.25) is 19.4 Å². The summed E-state index contributed by atoms with van der Waals surface area (Å²) in [5, 5.41) is 28.6. The smallest absolute Gasteiger partial charge is 0.405 e. The van der Waals surface area contributed by atoms with Crippen LogP contribution in [-0.4, -0.2) is 103 Å². The molecule has 1 saturated carbocycles. The molecule has 6 atom stereocenters. The molecule has 14 heteroatoms. The lowest BCUT2D eigenvalue weighted by Gasteiger charge is -2.41. The molecule has 288 valence electrons. The molecule has 3 aliphatic rings. The van der Waals surface area contributed by atoms with Gasteiger partial charge in [-0.1, -0.05) is 48.5 Å². The molecule has 0 radical (unpaired) electrons. The highest BCUT2D eigenvalue weighted by Crippen LogP contribution is 2.62. The Hall–Kier alpha value is -4.63. The number of carbonyl (C=O) groups is 2. The molecule has 2 aliphatic heterocycles. The van der Waals surface area contributed by atoms with Gasteiger partial charge >= 0.3 is 6.18 Å². The number of benzene rings is 3. The lowest BCUT2D eigenvalue weighted by molar-refractivity contribution is -0.143. The third-order valence-electron chi connectivity index (χ3n) is 11.0. The molecule has 54 heavy (non-hydrogen) atoms. The number of rotatable bonds is 12. The maximum atomic E-state index is 14.3. The van der Waals surface area contributed by atoms with Crippen molar-refractivity contribution in [3.63, 3.8) is 0 Å². The van der Waals surface area contributed by atoms with E-state index in [1.165, 1.54) is 0 Å². The molecule has 11 nitrogen and oxygen atoms in total. The molecule has 1 saturated heterocycles. The monoisotopic (exact) mass is 750 g/mol. The van der Waals surface area contributed by atoms with Crippen LogP contribution in [0.15, 0.2) is 77.4 Å². The molecule has 3 heterocycles. The summed E-state index contributed by atoms with van der Waals surface area (Å²) in [6, 6.07) is 18.8. The molecule has 4 aromatic rings. The van der Waals surface area contributed by atoms with Gasteiger partial charge in [-0.15, -0.1) is 0 Å². The predicted octanol–water partition coefficient (Wildman–Crippen LogP) is 4.45. The van der Waals surface area contributed by atoms with Gasteiger partial charge in [0.2, 0.25) is 11.8 Å². The molecule has 0 bridgehead atoms. The molecule has 0 spiro atoms. The summed E-state index contributed by atoms with van der Waals surface area (Å²) in [4.78, 5) is 31.4. The van der Waals surface area contributed by atoms with E-state index in [2.05, 4.69) is 5.32 Å². The third kappa shape index (κ3) is 7.92. The standard InChI is InChI=1S/C40H45F3N4O7/c1-24-21-54-36-29(24)14-25(15-34(36)52-2)18-46-12-13-47(31(20-46)37(50)44-23-40(41,42)43)19-27(48)16-39(17-30(39)26-8-4-3-5-9-26)38(51)45-35-28-10-6-7-11-33(28)53-22-32(35)49/h3-11,14-15,21,27,30-32,35,48-49H,12-13,16-20,22-23H2,1-2H3,(H,44,50)(H,45,51)/t27-,30-,31-,32+,35-,39?/m0/s1. The molecular formula is C40H45F3N4O7. The van der Waals surface area contributed by atoms with E-state index in [9.17, 15) is 33.0 Å². The highest BCUT2D eigenvalue weighted by atomic mass is 19.4. The number of ether oxygens (including phenoxy) is 2. The minimum absolute atomic E-state index is 0.00852. The predicted molar refractivity (Wildman–Crippen MR) is 193 cm³/mol. The number of aryl methyl sites for hydroxylation is 1. The number of halogens is 3. The lowest BCUT2D eigenvalue weighted by Crippen LogP contribution is -2.60. The zero-order valence-corrected chi connectivity index (χ0v) is 30.1. The van der Waals surface area contributed by atoms with Crippen molar-refractivity contribution < 1.29 is 46.9 Å². The number of alkyl halides is 3. The van der Waals surface area contributed by atoms with Crippen LogP contribution in [-0.2, 0) is 16.1 Å². The van der Waals surface area contributed by atoms with Crippen LogP contribution < -0.4 is 20.1 Å². The van der Waals surface area contributed by atoms with E-state index in [1.54, 1.807) is 36.5 Å². The minimum atomic E-state index is -4.60. The van der Waals surface area contributed by atoms with Gasteiger partial charge in [0.05, 0.1) is 30.9 Å². The second-order valence-corrected chi connectivity index (χ2v) is 14.7. The average Bonchev–Trinajstić information content (AvgIpc) is 3.77. The quantitative estimate of drug-likeness (QED) is 0.166. The highest BCUT2D eigenvalue weighted by molar-refractivity contribution is 5.88. The topological polar surface area (TPSA) is 137 Å². The number of piperazine rings is 1. The van der Waals surface area contributed by atoms with Gasteiger partial charge in [0, 0.05) is 43.7 Å². The number of furan rings is 1. The fraction of sp³-hybridized carbons (Fsp3) is 0.450. The van der Waals surface area contributed by atoms with E-state index in [0.29, 0.717) is 42.2 Å². The Morgan fingerprint density at radius 2 is 1.85 bits per heavy atom. The van der Waals surface area contributed by atoms with Crippen molar-refractivity contribution in [3.05, 3.63) is 95.2 Å². The van der Waals surface area contributed by atoms with Crippen molar-refractivity contribution in [2.45, 2.75) is 62.7 Å². The minimum Gasteiger partial charge on any atom is -0.493 e. The number of hydrogen-bond acceptors (Lipinski definition) is 9. The Morgan fingerprint density at radius 1 is 1.09 bits per heavy atom. The molecule has 2 fully saturated rings. The fourth-order valence-electron chi connectivity index (χ4n) is 8.14. The van der Waals surface area contributed by atoms with Crippen LogP contribution in [0, 0.1) is 12.3 Å². The fourth-order valence-corrected chi connectivity index (χ4v) is 8.14. The first-order valence-electron chi connectivity index (χ1n) is 18.1. The number of para-hydroxylation sites is 1.